The molecule has 4 rings (SSSR count). The van der Waals surface area contributed by atoms with Crippen LogP contribution in [0, 0.1) is 6.92 Å². The Hall–Kier alpha value is -3.29. The van der Waals surface area contributed by atoms with Crippen LogP contribution in [0.25, 0.3) is 6.08 Å². The van der Waals surface area contributed by atoms with E-state index in [0.29, 0.717) is 33.1 Å². The van der Waals surface area contributed by atoms with Crippen LogP contribution in [0.4, 0.5) is 0 Å². The number of halogens is 1. The number of carbonyl (C=O) groups excluding carboxylic acids is 1. The molecule has 2 aromatic carbocycles. The molecule has 0 saturated carbocycles. The fraction of sp³-hybridized carbons (Fsp3) is 0.167. The third-order valence-electron chi connectivity index (χ3n) is 4.94. The largest absolute Gasteiger partial charge is 0.496 e. The Morgan fingerprint density at radius 3 is 2.72 bits per heavy atom. The first kappa shape index (κ1) is 21.9. The van der Waals surface area contributed by atoms with Crippen LogP contribution in [0.15, 0.2) is 64.9 Å². The molecule has 0 bridgehead atoms. The molecule has 3 aromatic rings. The second-order valence-electron chi connectivity index (χ2n) is 7.25. The predicted molar refractivity (Wildman–Crippen MR) is 126 cm³/mol. The number of hydrogen-bond donors (Lipinski definition) is 1. The van der Waals surface area contributed by atoms with Crippen LogP contribution in [0.1, 0.15) is 22.5 Å². The van der Waals surface area contributed by atoms with Gasteiger partial charge in [-0.25, -0.2) is 0 Å². The molecular weight excluding hydrogens is 448 g/mol. The first-order chi connectivity index (χ1) is 15.4. The van der Waals surface area contributed by atoms with E-state index < -0.39 is 0 Å². The first-order valence-corrected chi connectivity index (χ1v) is 10.7. The summed E-state index contributed by atoms with van der Waals surface area (Å²) in [6.07, 6.45) is 3.31. The van der Waals surface area contributed by atoms with Crippen molar-refractivity contribution in [1.29, 1.82) is 0 Å². The van der Waals surface area contributed by atoms with Crippen molar-refractivity contribution >= 4 is 40.9 Å². The average molecular weight is 469 g/mol. The van der Waals surface area contributed by atoms with Gasteiger partial charge in [-0.3, -0.25) is 9.69 Å². The van der Waals surface area contributed by atoms with Crippen LogP contribution in [0.5, 0.6) is 11.5 Å². The molecule has 1 N–H and O–H groups in total. The van der Waals surface area contributed by atoms with E-state index in [1.165, 1.54) is 4.90 Å². The molecule has 8 heteroatoms. The highest BCUT2D eigenvalue weighted by atomic mass is 35.5. The molecule has 6 nitrogen and oxygen atoms in total. The van der Waals surface area contributed by atoms with E-state index in [1.54, 1.807) is 31.6 Å². The van der Waals surface area contributed by atoms with Crippen LogP contribution >= 0.6 is 23.8 Å². The lowest BCUT2D eigenvalue weighted by molar-refractivity contribution is -0.122. The smallest absolute Gasteiger partial charge is 0.276 e. The number of hydrogen-bond acceptors (Lipinski definition) is 5. The SMILES string of the molecule is COc1ccc(/C=C2/NC(=S)N(Cc3ccco3)C2=O)cc1COc1ccc(C)cc1Cl. The Bertz CT molecular complexity index is 1190. The van der Waals surface area contributed by atoms with Gasteiger partial charge in [0.15, 0.2) is 5.11 Å². The van der Waals surface area contributed by atoms with Crippen molar-refractivity contribution in [2.75, 3.05) is 7.11 Å². The predicted octanol–water partition coefficient (Wildman–Crippen LogP) is 5.09. The minimum Gasteiger partial charge on any atom is -0.496 e. The number of amides is 1. The molecule has 1 amide bonds. The Morgan fingerprint density at radius 1 is 1.19 bits per heavy atom. The average Bonchev–Trinajstić information content (AvgIpc) is 3.37. The minimum atomic E-state index is -0.216. The molecule has 1 aromatic heterocycles. The normalized spacial score (nSPS) is 14.7. The van der Waals surface area contributed by atoms with Crippen LogP contribution < -0.4 is 14.8 Å². The van der Waals surface area contributed by atoms with Crippen molar-refractivity contribution in [2.45, 2.75) is 20.1 Å². The van der Waals surface area contributed by atoms with Crippen molar-refractivity contribution in [3.63, 3.8) is 0 Å². The van der Waals surface area contributed by atoms with E-state index in [-0.39, 0.29) is 19.1 Å². The number of aryl methyl sites for hydroxylation is 1. The Labute approximate surface area is 196 Å². The number of nitrogens with zero attached hydrogens (tertiary/aromatic N) is 1. The fourth-order valence-corrected chi connectivity index (χ4v) is 3.87. The highest BCUT2D eigenvalue weighted by Crippen LogP contribution is 2.28. The van der Waals surface area contributed by atoms with Gasteiger partial charge in [0.25, 0.3) is 5.91 Å². The summed E-state index contributed by atoms with van der Waals surface area (Å²) in [5.74, 6) is 1.71. The Balaban J connectivity index is 1.53. The molecular formula is C24H21ClN2O4S. The zero-order valence-corrected chi connectivity index (χ0v) is 19.1. The van der Waals surface area contributed by atoms with E-state index in [1.807, 2.05) is 43.3 Å². The second kappa shape index (κ2) is 9.46. The number of ether oxygens (including phenoxy) is 2. The van der Waals surface area contributed by atoms with Gasteiger partial charge in [0.2, 0.25) is 0 Å². The quantitative estimate of drug-likeness (QED) is 0.385. The van der Waals surface area contributed by atoms with Crippen molar-refractivity contribution in [3.05, 3.63) is 88.0 Å². The third kappa shape index (κ3) is 4.79. The van der Waals surface area contributed by atoms with Crippen molar-refractivity contribution in [2.24, 2.45) is 0 Å². The van der Waals surface area contributed by atoms with Crippen LogP contribution in [-0.2, 0) is 17.9 Å². The van der Waals surface area contributed by atoms with Gasteiger partial charge in [0.05, 0.1) is 24.9 Å². The molecule has 0 atom stereocenters. The van der Waals surface area contributed by atoms with Gasteiger partial charge in [-0.1, -0.05) is 23.7 Å². The van der Waals surface area contributed by atoms with Crippen molar-refractivity contribution < 1.29 is 18.7 Å². The maximum absolute atomic E-state index is 12.8. The molecule has 164 valence electrons. The highest BCUT2D eigenvalue weighted by Gasteiger charge is 2.31. The molecule has 1 saturated heterocycles. The summed E-state index contributed by atoms with van der Waals surface area (Å²) in [6.45, 7) is 2.50. The maximum atomic E-state index is 12.8. The van der Waals surface area contributed by atoms with E-state index in [9.17, 15) is 4.79 Å². The van der Waals surface area contributed by atoms with E-state index in [4.69, 9.17) is 37.7 Å². The van der Waals surface area contributed by atoms with Gasteiger partial charge < -0.3 is 19.2 Å². The number of rotatable bonds is 7. The van der Waals surface area contributed by atoms with Gasteiger partial charge in [-0.05, 0) is 72.7 Å². The third-order valence-corrected chi connectivity index (χ3v) is 5.56. The molecule has 0 radical (unpaired) electrons. The standard InChI is InChI=1S/C24H21ClN2O4S/c1-15-5-7-22(19(25)10-15)31-14-17-11-16(6-8-21(17)29-2)12-20-23(28)27(24(32)26-20)13-18-4-3-9-30-18/h3-12H,13-14H2,1-2H3,(H,26,32)/b20-12+. The molecule has 32 heavy (non-hydrogen) atoms. The minimum absolute atomic E-state index is 0.216. The van der Waals surface area contributed by atoms with Gasteiger partial charge in [0.1, 0.15) is 29.6 Å². The van der Waals surface area contributed by atoms with Gasteiger partial charge in [0, 0.05) is 5.56 Å². The lowest BCUT2D eigenvalue weighted by Crippen LogP contribution is -2.29. The van der Waals surface area contributed by atoms with E-state index in [2.05, 4.69) is 5.32 Å². The fourth-order valence-electron chi connectivity index (χ4n) is 3.32. The lowest BCUT2D eigenvalue weighted by atomic mass is 10.1. The maximum Gasteiger partial charge on any atom is 0.276 e. The summed E-state index contributed by atoms with van der Waals surface area (Å²) in [4.78, 5) is 14.3. The topological polar surface area (TPSA) is 63.9 Å². The van der Waals surface area contributed by atoms with Crippen molar-refractivity contribution in [3.8, 4) is 11.5 Å². The van der Waals surface area contributed by atoms with Gasteiger partial charge in [-0.2, -0.15) is 0 Å². The lowest BCUT2D eigenvalue weighted by Gasteiger charge is -2.13. The summed E-state index contributed by atoms with van der Waals surface area (Å²) < 4.78 is 16.7. The van der Waals surface area contributed by atoms with Gasteiger partial charge >= 0.3 is 0 Å². The first-order valence-electron chi connectivity index (χ1n) is 9.87. The number of benzene rings is 2. The monoisotopic (exact) mass is 468 g/mol. The molecule has 0 aliphatic carbocycles. The van der Waals surface area contributed by atoms with E-state index in [0.717, 1.165) is 16.7 Å². The van der Waals surface area contributed by atoms with Crippen LogP contribution in [0.2, 0.25) is 5.02 Å². The highest BCUT2D eigenvalue weighted by molar-refractivity contribution is 7.80. The van der Waals surface area contributed by atoms with Crippen molar-refractivity contribution in [1.82, 2.24) is 10.2 Å². The number of thiocarbonyl (C=S) groups is 1. The molecule has 1 aliphatic rings. The summed E-state index contributed by atoms with van der Waals surface area (Å²) in [5.41, 5.74) is 3.07. The van der Waals surface area contributed by atoms with E-state index >= 15 is 0 Å². The zero-order chi connectivity index (χ0) is 22.7. The van der Waals surface area contributed by atoms with Gasteiger partial charge in [-0.15, -0.1) is 0 Å². The molecule has 1 fully saturated rings. The Morgan fingerprint density at radius 2 is 2.00 bits per heavy atom. The summed E-state index contributed by atoms with van der Waals surface area (Å²) in [6, 6.07) is 14.8. The number of carbonyl (C=O) groups is 1. The second-order valence-corrected chi connectivity index (χ2v) is 8.05. The van der Waals surface area contributed by atoms with Crippen LogP contribution in [-0.4, -0.2) is 23.0 Å². The Kier molecular flexibility index (Phi) is 6.48. The number of furan rings is 1. The van der Waals surface area contributed by atoms with Crippen LogP contribution in [0.3, 0.4) is 0 Å². The summed E-state index contributed by atoms with van der Waals surface area (Å²) in [5, 5.41) is 3.87. The summed E-state index contributed by atoms with van der Waals surface area (Å²) >= 11 is 11.6. The number of nitrogens with one attached hydrogen (secondary N) is 1. The molecule has 2 heterocycles. The molecule has 0 spiro atoms. The zero-order valence-electron chi connectivity index (χ0n) is 17.6. The molecule has 1 aliphatic heterocycles. The molecule has 0 unspecified atom stereocenters. The summed E-state index contributed by atoms with van der Waals surface area (Å²) in [7, 11) is 1.60. The number of methoxy groups -OCH3 is 1.